The molecule has 1 aromatic heterocycles. The van der Waals surface area contributed by atoms with Gasteiger partial charge in [-0.3, -0.25) is 9.48 Å². The number of rotatable bonds is 7. The lowest BCUT2D eigenvalue weighted by Gasteiger charge is -2.30. The molecule has 0 unspecified atom stereocenters. The fourth-order valence-corrected chi connectivity index (χ4v) is 4.73. The minimum Gasteiger partial charge on any atom is -0.348 e. The monoisotopic (exact) mass is 404 g/mol. The summed E-state index contributed by atoms with van der Waals surface area (Å²) in [5, 5.41) is 7.45. The number of sulfonamides is 1. The summed E-state index contributed by atoms with van der Waals surface area (Å²) in [4.78, 5) is 12.7. The Labute approximate surface area is 166 Å². The van der Waals surface area contributed by atoms with E-state index in [2.05, 4.69) is 10.4 Å². The largest absolute Gasteiger partial charge is 0.348 e. The van der Waals surface area contributed by atoms with Crippen LogP contribution in [-0.4, -0.2) is 47.3 Å². The number of aromatic nitrogens is 2. The lowest BCUT2D eigenvalue weighted by Crippen LogP contribution is -2.39. The van der Waals surface area contributed by atoms with Gasteiger partial charge in [0.1, 0.15) is 0 Å². The molecule has 8 heteroatoms. The second-order valence-corrected chi connectivity index (χ2v) is 9.54. The first-order chi connectivity index (χ1) is 13.4. The maximum atomic E-state index is 12.7. The summed E-state index contributed by atoms with van der Waals surface area (Å²) >= 11 is 0. The van der Waals surface area contributed by atoms with Gasteiger partial charge in [-0.1, -0.05) is 30.3 Å². The van der Waals surface area contributed by atoms with E-state index in [1.807, 2.05) is 37.4 Å². The van der Waals surface area contributed by atoms with Crippen LogP contribution in [0.1, 0.15) is 41.4 Å². The highest BCUT2D eigenvalue weighted by Crippen LogP contribution is 2.24. The zero-order valence-electron chi connectivity index (χ0n) is 16.5. The van der Waals surface area contributed by atoms with Gasteiger partial charge < -0.3 is 5.32 Å². The number of benzene rings is 1. The van der Waals surface area contributed by atoms with E-state index < -0.39 is 10.0 Å². The zero-order chi connectivity index (χ0) is 20.1. The SMILES string of the molecule is CCS(=O)(=O)N1CCC(Cc2nn(C)cc2C(=O)NCc2ccccc2)CC1. The molecule has 1 aliphatic heterocycles. The molecule has 0 atom stereocenters. The number of hydrogen-bond acceptors (Lipinski definition) is 4. The fourth-order valence-electron chi connectivity index (χ4n) is 3.60. The van der Waals surface area contributed by atoms with Gasteiger partial charge in [0.25, 0.3) is 5.91 Å². The van der Waals surface area contributed by atoms with E-state index in [0.29, 0.717) is 37.5 Å². The molecule has 2 heterocycles. The smallest absolute Gasteiger partial charge is 0.255 e. The molecule has 7 nitrogen and oxygen atoms in total. The summed E-state index contributed by atoms with van der Waals surface area (Å²) in [5.41, 5.74) is 2.43. The maximum absolute atomic E-state index is 12.7. The molecule has 1 N–H and O–H groups in total. The van der Waals surface area contributed by atoms with Crippen molar-refractivity contribution in [1.82, 2.24) is 19.4 Å². The Kier molecular flexibility index (Phi) is 6.51. The Bertz CT molecular complexity index is 901. The molecule has 1 aliphatic rings. The molecule has 1 saturated heterocycles. The van der Waals surface area contributed by atoms with Crippen molar-refractivity contribution in [3.63, 3.8) is 0 Å². The Balaban J connectivity index is 1.60. The van der Waals surface area contributed by atoms with Gasteiger partial charge >= 0.3 is 0 Å². The van der Waals surface area contributed by atoms with Crippen LogP contribution in [0.4, 0.5) is 0 Å². The van der Waals surface area contributed by atoms with Crippen LogP contribution in [0, 0.1) is 5.92 Å². The first kappa shape index (κ1) is 20.5. The summed E-state index contributed by atoms with van der Waals surface area (Å²) in [6.07, 6.45) is 4.03. The van der Waals surface area contributed by atoms with Gasteiger partial charge in [0.15, 0.2) is 0 Å². The molecule has 0 radical (unpaired) electrons. The number of nitrogens with one attached hydrogen (secondary N) is 1. The molecular formula is C20H28N4O3S. The molecule has 152 valence electrons. The molecule has 1 aromatic carbocycles. The van der Waals surface area contributed by atoms with Crippen molar-refractivity contribution in [3.8, 4) is 0 Å². The van der Waals surface area contributed by atoms with Crippen LogP contribution in [0.15, 0.2) is 36.5 Å². The van der Waals surface area contributed by atoms with Crippen LogP contribution in [-0.2, 0) is 30.0 Å². The highest BCUT2D eigenvalue weighted by atomic mass is 32.2. The molecule has 0 bridgehead atoms. The summed E-state index contributed by atoms with van der Waals surface area (Å²) in [6.45, 7) is 3.24. The zero-order valence-corrected chi connectivity index (χ0v) is 17.3. The minimum absolute atomic E-state index is 0.127. The first-order valence-electron chi connectivity index (χ1n) is 9.71. The Hall–Kier alpha value is -2.19. The number of amides is 1. The lowest BCUT2D eigenvalue weighted by molar-refractivity contribution is 0.0949. The second-order valence-electron chi connectivity index (χ2n) is 7.28. The van der Waals surface area contributed by atoms with Crippen molar-refractivity contribution in [2.75, 3.05) is 18.8 Å². The van der Waals surface area contributed by atoms with Gasteiger partial charge in [-0.2, -0.15) is 5.10 Å². The minimum atomic E-state index is -3.12. The first-order valence-corrected chi connectivity index (χ1v) is 11.3. The van der Waals surface area contributed by atoms with E-state index in [9.17, 15) is 13.2 Å². The van der Waals surface area contributed by atoms with E-state index in [1.165, 1.54) is 0 Å². The number of hydrogen-bond donors (Lipinski definition) is 1. The number of piperidine rings is 1. The summed E-state index contributed by atoms with van der Waals surface area (Å²) in [7, 11) is -1.31. The van der Waals surface area contributed by atoms with Crippen LogP contribution >= 0.6 is 0 Å². The van der Waals surface area contributed by atoms with Gasteiger partial charge in [-0.15, -0.1) is 0 Å². The molecule has 0 saturated carbocycles. The third kappa shape index (κ3) is 4.99. The van der Waals surface area contributed by atoms with E-state index in [-0.39, 0.29) is 11.7 Å². The van der Waals surface area contributed by atoms with Crippen LogP contribution in [0.3, 0.4) is 0 Å². The van der Waals surface area contributed by atoms with Crippen molar-refractivity contribution in [2.45, 2.75) is 32.7 Å². The van der Waals surface area contributed by atoms with Gasteiger partial charge in [-0.25, -0.2) is 12.7 Å². The lowest BCUT2D eigenvalue weighted by atomic mass is 9.92. The summed E-state index contributed by atoms with van der Waals surface area (Å²) in [6, 6.07) is 9.79. The van der Waals surface area contributed by atoms with E-state index >= 15 is 0 Å². The van der Waals surface area contributed by atoms with Crippen LogP contribution in [0.5, 0.6) is 0 Å². The van der Waals surface area contributed by atoms with Crippen molar-refractivity contribution in [2.24, 2.45) is 13.0 Å². The average Bonchev–Trinajstić information content (AvgIpc) is 3.07. The van der Waals surface area contributed by atoms with E-state index in [1.54, 1.807) is 22.1 Å². The molecule has 0 spiro atoms. The van der Waals surface area contributed by atoms with Crippen molar-refractivity contribution in [1.29, 1.82) is 0 Å². The number of nitrogens with zero attached hydrogens (tertiary/aromatic N) is 3. The Morgan fingerprint density at radius 1 is 1.21 bits per heavy atom. The number of carbonyl (C=O) groups is 1. The standard InChI is InChI=1S/C20H28N4O3S/c1-3-28(26,27)24-11-9-16(10-12-24)13-19-18(15-23(2)22-19)20(25)21-14-17-7-5-4-6-8-17/h4-8,15-16H,3,9-14H2,1-2H3,(H,21,25). The molecule has 0 aliphatic carbocycles. The number of carbonyl (C=O) groups excluding carboxylic acids is 1. The van der Waals surface area contributed by atoms with E-state index in [0.717, 1.165) is 24.1 Å². The van der Waals surface area contributed by atoms with Gasteiger partial charge in [0, 0.05) is 32.9 Å². The van der Waals surface area contributed by atoms with Crippen molar-refractivity contribution < 1.29 is 13.2 Å². The molecular weight excluding hydrogens is 376 g/mol. The Morgan fingerprint density at radius 3 is 2.54 bits per heavy atom. The van der Waals surface area contributed by atoms with Crippen LogP contribution in [0.2, 0.25) is 0 Å². The predicted octanol–water partition coefficient (Wildman–Crippen LogP) is 1.95. The van der Waals surface area contributed by atoms with E-state index in [4.69, 9.17) is 0 Å². The van der Waals surface area contributed by atoms with Crippen LogP contribution in [0.25, 0.3) is 0 Å². The van der Waals surface area contributed by atoms with Crippen molar-refractivity contribution >= 4 is 15.9 Å². The summed E-state index contributed by atoms with van der Waals surface area (Å²) < 4.78 is 27.3. The second kappa shape index (κ2) is 8.87. The fraction of sp³-hybridized carbons (Fsp3) is 0.500. The quantitative estimate of drug-likeness (QED) is 0.764. The third-order valence-electron chi connectivity index (χ3n) is 5.26. The Morgan fingerprint density at radius 2 is 1.89 bits per heavy atom. The van der Waals surface area contributed by atoms with Gasteiger partial charge in [0.2, 0.25) is 10.0 Å². The normalized spacial score (nSPS) is 16.2. The van der Waals surface area contributed by atoms with Crippen molar-refractivity contribution in [3.05, 3.63) is 53.3 Å². The number of aryl methyl sites for hydroxylation is 1. The highest BCUT2D eigenvalue weighted by Gasteiger charge is 2.28. The topological polar surface area (TPSA) is 84.3 Å². The van der Waals surface area contributed by atoms with Crippen LogP contribution < -0.4 is 5.32 Å². The highest BCUT2D eigenvalue weighted by molar-refractivity contribution is 7.89. The van der Waals surface area contributed by atoms with Gasteiger partial charge in [0.05, 0.1) is 17.0 Å². The molecule has 3 rings (SSSR count). The third-order valence-corrected chi connectivity index (χ3v) is 7.14. The van der Waals surface area contributed by atoms with Gasteiger partial charge in [-0.05, 0) is 37.7 Å². The molecule has 1 amide bonds. The summed E-state index contributed by atoms with van der Waals surface area (Å²) in [5.74, 6) is 0.348. The molecule has 2 aromatic rings. The average molecular weight is 405 g/mol. The molecule has 1 fully saturated rings. The molecule has 28 heavy (non-hydrogen) atoms. The predicted molar refractivity (Wildman–Crippen MR) is 108 cm³/mol. The maximum Gasteiger partial charge on any atom is 0.255 e.